The maximum atomic E-state index is 10.6. The van der Waals surface area contributed by atoms with Gasteiger partial charge in [0.25, 0.3) is 0 Å². The van der Waals surface area contributed by atoms with Gasteiger partial charge in [-0.25, -0.2) is 0 Å². The monoisotopic (exact) mass is 157 g/mol. The summed E-state index contributed by atoms with van der Waals surface area (Å²) in [6.45, 7) is 5.63. The highest BCUT2D eigenvalue weighted by atomic mass is 16.4. The third-order valence-electron chi connectivity index (χ3n) is 0.899. The number of rotatable bonds is 4. The molecular weight excluding hydrogens is 146 g/mol. The summed E-state index contributed by atoms with van der Waals surface area (Å²) < 4.78 is 0. The first-order valence-electron chi connectivity index (χ1n) is 3.15. The fourth-order valence-electron chi connectivity index (χ4n) is 0.449. The minimum Gasteiger partial charge on any atom is -0.481 e. The molecule has 0 aliphatic heterocycles. The number of nitrogens with one attached hydrogen (secondary N) is 1. The summed E-state index contributed by atoms with van der Waals surface area (Å²) in [6.07, 6.45) is -0.479. The minimum absolute atomic E-state index is 0.339. The quantitative estimate of drug-likeness (QED) is 0.451. The van der Waals surface area contributed by atoms with Crippen molar-refractivity contribution in [2.75, 3.05) is 6.54 Å². The molecule has 0 fully saturated rings. The third-order valence-corrected chi connectivity index (χ3v) is 0.899. The van der Waals surface area contributed by atoms with Crippen LogP contribution in [0, 0.1) is 0 Å². The predicted octanol–water partition coefficient (Wildman–Crippen LogP) is 0.153. The first kappa shape index (κ1) is 9.68. The van der Waals surface area contributed by atoms with Crippen molar-refractivity contribution in [3.8, 4) is 0 Å². The molecule has 0 aromatic rings. The molecular formula is C7H11NO3. The summed E-state index contributed by atoms with van der Waals surface area (Å²) in [7, 11) is 0. The SMILES string of the molecule is C=C(C)CNC(=O)CC(=O)O. The molecule has 0 spiro atoms. The number of carbonyl (C=O) groups excluding carboxylic acids is 1. The Morgan fingerprint density at radius 1 is 1.55 bits per heavy atom. The Morgan fingerprint density at radius 3 is 2.45 bits per heavy atom. The molecule has 0 bridgehead atoms. The highest BCUT2D eigenvalue weighted by Crippen LogP contribution is 1.84. The maximum absolute atomic E-state index is 10.6. The van der Waals surface area contributed by atoms with Gasteiger partial charge in [0.05, 0.1) is 0 Å². The van der Waals surface area contributed by atoms with E-state index in [-0.39, 0.29) is 0 Å². The van der Waals surface area contributed by atoms with Crippen molar-refractivity contribution in [2.45, 2.75) is 13.3 Å². The van der Waals surface area contributed by atoms with E-state index in [2.05, 4.69) is 11.9 Å². The number of aliphatic carboxylic acids is 1. The number of hydrogen-bond donors (Lipinski definition) is 2. The van der Waals surface area contributed by atoms with Gasteiger partial charge in [-0.3, -0.25) is 9.59 Å². The van der Waals surface area contributed by atoms with Crippen LogP contribution >= 0.6 is 0 Å². The number of carboxylic acid groups (broad SMARTS) is 1. The lowest BCUT2D eigenvalue weighted by molar-refractivity contribution is -0.140. The van der Waals surface area contributed by atoms with Gasteiger partial charge in [0.2, 0.25) is 5.91 Å². The Bertz CT molecular complexity index is 186. The van der Waals surface area contributed by atoms with E-state index >= 15 is 0 Å². The van der Waals surface area contributed by atoms with Crippen molar-refractivity contribution in [1.29, 1.82) is 0 Å². The van der Waals surface area contributed by atoms with E-state index in [9.17, 15) is 9.59 Å². The summed E-state index contributed by atoms with van der Waals surface area (Å²) >= 11 is 0. The Morgan fingerprint density at radius 2 is 2.09 bits per heavy atom. The molecule has 0 aliphatic carbocycles. The zero-order chi connectivity index (χ0) is 8.85. The highest BCUT2D eigenvalue weighted by Gasteiger charge is 2.05. The molecule has 1 amide bonds. The van der Waals surface area contributed by atoms with Crippen LogP contribution in [-0.2, 0) is 9.59 Å². The molecule has 0 heterocycles. The summed E-state index contributed by atoms with van der Waals surface area (Å²) in [5, 5.41) is 10.6. The molecule has 0 unspecified atom stereocenters. The molecule has 4 heteroatoms. The van der Waals surface area contributed by atoms with Crippen LogP contribution in [0.3, 0.4) is 0 Å². The lowest BCUT2D eigenvalue weighted by Gasteiger charge is -2.00. The van der Waals surface area contributed by atoms with Crippen LogP contribution in [0.4, 0.5) is 0 Å². The number of amides is 1. The predicted molar refractivity (Wildman–Crippen MR) is 40.1 cm³/mol. The molecule has 0 radical (unpaired) electrons. The van der Waals surface area contributed by atoms with Crippen LogP contribution < -0.4 is 5.32 Å². The van der Waals surface area contributed by atoms with Crippen molar-refractivity contribution < 1.29 is 14.7 Å². The molecule has 0 aromatic heterocycles. The zero-order valence-corrected chi connectivity index (χ0v) is 6.39. The second-order valence-corrected chi connectivity index (χ2v) is 2.30. The van der Waals surface area contributed by atoms with E-state index in [0.29, 0.717) is 6.54 Å². The topological polar surface area (TPSA) is 66.4 Å². The smallest absolute Gasteiger partial charge is 0.312 e. The van der Waals surface area contributed by atoms with Crippen molar-refractivity contribution in [2.24, 2.45) is 0 Å². The third kappa shape index (κ3) is 6.57. The summed E-state index contributed by atoms with van der Waals surface area (Å²) in [4.78, 5) is 20.6. The van der Waals surface area contributed by atoms with Gasteiger partial charge in [-0.1, -0.05) is 12.2 Å². The average Bonchev–Trinajstić information content (AvgIpc) is 1.82. The molecule has 11 heavy (non-hydrogen) atoms. The second-order valence-electron chi connectivity index (χ2n) is 2.30. The summed E-state index contributed by atoms with van der Waals surface area (Å²) in [5.41, 5.74) is 0.795. The normalized spacial score (nSPS) is 8.82. The Kier molecular flexibility index (Phi) is 3.95. The van der Waals surface area contributed by atoms with Crippen LogP contribution in [0.15, 0.2) is 12.2 Å². The van der Waals surface area contributed by atoms with Gasteiger partial charge in [-0.05, 0) is 6.92 Å². The van der Waals surface area contributed by atoms with E-state index in [1.165, 1.54) is 0 Å². The van der Waals surface area contributed by atoms with E-state index in [1.807, 2.05) is 0 Å². The Labute approximate surface area is 64.9 Å². The molecule has 4 nitrogen and oxygen atoms in total. The van der Waals surface area contributed by atoms with Crippen LogP contribution in [0.25, 0.3) is 0 Å². The van der Waals surface area contributed by atoms with E-state index in [4.69, 9.17) is 5.11 Å². The van der Waals surface area contributed by atoms with Gasteiger partial charge in [-0.2, -0.15) is 0 Å². The van der Waals surface area contributed by atoms with Crippen molar-refractivity contribution >= 4 is 11.9 Å². The minimum atomic E-state index is -1.12. The molecule has 0 rings (SSSR count). The second kappa shape index (κ2) is 4.49. The molecule has 62 valence electrons. The maximum Gasteiger partial charge on any atom is 0.312 e. The molecule has 0 aliphatic rings. The first-order valence-corrected chi connectivity index (χ1v) is 3.15. The zero-order valence-electron chi connectivity index (χ0n) is 6.39. The average molecular weight is 157 g/mol. The lowest BCUT2D eigenvalue weighted by atomic mass is 10.3. The number of hydrogen-bond acceptors (Lipinski definition) is 2. The fraction of sp³-hybridized carbons (Fsp3) is 0.429. The fourth-order valence-corrected chi connectivity index (χ4v) is 0.449. The number of carboxylic acids is 1. The van der Waals surface area contributed by atoms with Crippen LogP contribution in [0.2, 0.25) is 0 Å². The highest BCUT2D eigenvalue weighted by molar-refractivity contribution is 5.93. The number of carbonyl (C=O) groups is 2. The molecule has 0 saturated heterocycles. The molecule has 0 aromatic carbocycles. The van der Waals surface area contributed by atoms with Crippen LogP contribution in [-0.4, -0.2) is 23.5 Å². The van der Waals surface area contributed by atoms with Gasteiger partial charge in [0, 0.05) is 6.54 Å². The molecule has 2 N–H and O–H groups in total. The largest absolute Gasteiger partial charge is 0.481 e. The van der Waals surface area contributed by atoms with Crippen molar-refractivity contribution in [3.05, 3.63) is 12.2 Å². The first-order chi connectivity index (χ1) is 5.02. The Balaban J connectivity index is 3.53. The molecule has 0 atom stereocenters. The van der Waals surface area contributed by atoms with Crippen LogP contribution in [0.1, 0.15) is 13.3 Å². The Hall–Kier alpha value is -1.32. The van der Waals surface area contributed by atoms with Gasteiger partial charge in [-0.15, -0.1) is 0 Å². The van der Waals surface area contributed by atoms with Gasteiger partial charge in [0.15, 0.2) is 0 Å². The molecule has 0 saturated carbocycles. The van der Waals surface area contributed by atoms with Gasteiger partial charge in [0.1, 0.15) is 6.42 Å². The van der Waals surface area contributed by atoms with Crippen LogP contribution in [0.5, 0.6) is 0 Å². The summed E-state index contributed by atoms with van der Waals surface area (Å²) in [5.74, 6) is -1.61. The van der Waals surface area contributed by atoms with E-state index < -0.39 is 18.3 Å². The van der Waals surface area contributed by atoms with Gasteiger partial charge < -0.3 is 10.4 Å². The van der Waals surface area contributed by atoms with E-state index in [0.717, 1.165) is 5.57 Å². The van der Waals surface area contributed by atoms with Crippen molar-refractivity contribution in [1.82, 2.24) is 5.32 Å². The summed E-state index contributed by atoms with van der Waals surface area (Å²) in [6, 6.07) is 0. The van der Waals surface area contributed by atoms with Gasteiger partial charge >= 0.3 is 5.97 Å². The lowest BCUT2D eigenvalue weighted by Crippen LogP contribution is -2.26. The standard InChI is InChI=1S/C7H11NO3/c1-5(2)4-8-6(9)3-7(10)11/h1,3-4H2,2H3,(H,8,9)(H,10,11). The van der Waals surface area contributed by atoms with E-state index in [1.54, 1.807) is 6.92 Å². The van der Waals surface area contributed by atoms with Crippen molar-refractivity contribution in [3.63, 3.8) is 0 Å².